The summed E-state index contributed by atoms with van der Waals surface area (Å²) in [6, 6.07) is 8.44. The first-order valence-corrected chi connectivity index (χ1v) is 10.1. The maximum atomic E-state index is 12.4. The average Bonchev–Trinajstić information content (AvgIpc) is 3.03. The number of carbonyl (C=O) groups is 3. The van der Waals surface area contributed by atoms with Crippen molar-refractivity contribution in [2.24, 2.45) is 7.05 Å². The number of alkyl carbamates (subject to hydrolysis) is 2. The lowest BCUT2D eigenvalue weighted by atomic mass is 10.2. The van der Waals surface area contributed by atoms with Crippen LogP contribution < -0.4 is 10.6 Å². The van der Waals surface area contributed by atoms with Gasteiger partial charge in [0.2, 0.25) is 0 Å². The Morgan fingerprint density at radius 1 is 1.12 bits per heavy atom. The van der Waals surface area contributed by atoms with Crippen LogP contribution in [-0.4, -0.2) is 47.0 Å². The van der Waals surface area contributed by atoms with Crippen LogP contribution in [-0.2, 0) is 27.9 Å². The Morgan fingerprint density at radius 2 is 1.78 bits per heavy atom. The molecule has 174 valence electrons. The number of imidazole rings is 1. The van der Waals surface area contributed by atoms with Gasteiger partial charge >= 0.3 is 18.2 Å². The van der Waals surface area contributed by atoms with E-state index < -0.39 is 29.8 Å². The SMILES string of the molecule is COC(=O)c1nc([C@H](CNC(=O)OCc2ccccc2)NC(=O)OC(C)(C)C)n(C)c1C. The summed E-state index contributed by atoms with van der Waals surface area (Å²) in [5.41, 5.74) is 0.793. The molecule has 0 radical (unpaired) electrons. The van der Waals surface area contributed by atoms with Gasteiger partial charge in [-0.15, -0.1) is 0 Å². The van der Waals surface area contributed by atoms with Gasteiger partial charge in [-0.1, -0.05) is 30.3 Å². The van der Waals surface area contributed by atoms with Crippen LogP contribution in [0.15, 0.2) is 30.3 Å². The lowest BCUT2D eigenvalue weighted by molar-refractivity contribution is 0.0498. The molecule has 0 aliphatic heterocycles. The Morgan fingerprint density at radius 3 is 2.38 bits per heavy atom. The number of aromatic nitrogens is 2. The summed E-state index contributed by atoms with van der Waals surface area (Å²) in [7, 11) is 2.96. The van der Waals surface area contributed by atoms with Gasteiger partial charge in [0.1, 0.15) is 24.1 Å². The first-order chi connectivity index (χ1) is 15.0. The molecule has 32 heavy (non-hydrogen) atoms. The second-order valence-corrected chi connectivity index (χ2v) is 8.10. The highest BCUT2D eigenvalue weighted by Crippen LogP contribution is 2.18. The number of nitrogens with one attached hydrogen (secondary N) is 2. The molecule has 2 rings (SSSR count). The van der Waals surface area contributed by atoms with Crippen molar-refractivity contribution in [3.05, 3.63) is 53.1 Å². The van der Waals surface area contributed by atoms with Crippen molar-refractivity contribution in [2.75, 3.05) is 13.7 Å². The normalized spacial score (nSPS) is 11.9. The fraction of sp³-hybridized carbons (Fsp3) is 0.455. The number of carbonyl (C=O) groups excluding carboxylic acids is 3. The number of methoxy groups -OCH3 is 1. The van der Waals surface area contributed by atoms with Crippen molar-refractivity contribution in [1.82, 2.24) is 20.2 Å². The van der Waals surface area contributed by atoms with Crippen molar-refractivity contribution in [2.45, 2.75) is 45.9 Å². The highest BCUT2D eigenvalue weighted by atomic mass is 16.6. The number of benzene rings is 1. The molecule has 2 amide bonds. The second kappa shape index (κ2) is 10.7. The third-order valence-electron chi connectivity index (χ3n) is 4.46. The number of nitrogens with zero attached hydrogens (tertiary/aromatic N) is 2. The molecular weight excluding hydrogens is 416 g/mol. The molecule has 2 N–H and O–H groups in total. The summed E-state index contributed by atoms with van der Waals surface area (Å²) in [5, 5.41) is 5.31. The summed E-state index contributed by atoms with van der Waals surface area (Å²) in [6.07, 6.45) is -1.36. The number of hydrogen-bond acceptors (Lipinski definition) is 7. The molecule has 0 bridgehead atoms. The Balaban J connectivity index is 2.15. The summed E-state index contributed by atoms with van der Waals surface area (Å²) in [5.74, 6) is -0.257. The van der Waals surface area contributed by atoms with Gasteiger partial charge in [0.05, 0.1) is 7.11 Å². The van der Waals surface area contributed by atoms with E-state index in [0.717, 1.165) is 5.56 Å². The molecule has 0 unspecified atom stereocenters. The van der Waals surface area contributed by atoms with E-state index in [-0.39, 0.29) is 18.8 Å². The maximum absolute atomic E-state index is 12.4. The van der Waals surface area contributed by atoms with E-state index in [1.807, 2.05) is 30.3 Å². The third-order valence-corrected chi connectivity index (χ3v) is 4.46. The highest BCUT2D eigenvalue weighted by molar-refractivity contribution is 5.88. The van der Waals surface area contributed by atoms with E-state index in [2.05, 4.69) is 15.6 Å². The van der Waals surface area contributed by atoms with Crippen LogP contribution >= 0.6 is 0 Å². The Hall–Kier alpha value is -3.56. The van der Waals surface area contributed by atoms with Gasteiger partial charge in [-0.3, -0.25) is 0 Å². The zero-order chi connectivity index (χ0) is 23.9. The van der Waals surface area contributed by atoms with E-state index >= 15 is 0 Å². The van der Waals surface area contributed by atoms with Crippen molar-refractivity contribution >= 4 is 18.2 Å². The summed E-state index contributed by atoms with van der Waals surface area (Å²) >= 11 is 0. The van der Waals surface area contributed by atoms with Gasteiger partial charge in [0, 0.05) is 19.3 Å². The molecule has 0 fully saturated rings. The average molecular weight is 447 g/mol. The molecule has 1 aromatic carbocycles. The van der Waals surface area contributed by atoms with Gasteiger partial charge in [-0.2, -0.15) is 0 Å². The molecule has 2 aromatic rings. The van der Waals surface area contributed by atoms with Crippen LogP contribution in [0.5, 0.6) is 0 Å². The summed E-state index contributed by atoms with van der Waals surface area (Å²) in [4.78, 5) is 40.9. The summed E-state index contributed by atoms with van der Waals surface area (Å²) in [6.45, 7) is 6.97. The van der Waals surface area contributed by atoms with Crippen LogP contribution in [0.4, 0.5) is 9.59 Å². The van der Waals surface area contributed by atoms with Crippen LogP contribution in [0.2, 0.25) is 0 Å². The lowest BCUT2D eigenvalue weighted by Gasteiger charge is -2.23. The number of esters is 1. The largest absolute Gasteiger partial charge is 0.464 e. The van der Waals surface area contributed by atoms with E-state index in [4.69, 9.17) is 14.2 Å². The van der Waals surface area contributed by atoms with E-state index in [1.54, 1.807) is 39.3 Å². The van der Waals surface area contributed by atoms with E-state index in [0.29, 0.717) is 11.5 Å². The minimum atomic E-state index is -0.795. The molecule has 0 aliphatic rings. The molecule has 10 heteroatoms. The molecule has 0 spiro atoms. The van der Waals surface area contributed by atoms with Crippen molar-refractivity contribution < 1.29 is 28.6 Å². The standard InChI is InChI=1S/C22H30N4O6/c1-14-17(19(27)30-6)25-18(26(14)5)16(24-21(29)32-22(2,3)4)12-23-20(28)31-13-15-10-8-7-9-11-15/h7-11,16H,12-13H2,1-6H3,(H,23,28)(H,24,29)/t16-/m0/s1. The number of rotatable bonds is 7. The first-order valence-electron chi connectivity index (χ1n) is 10.1. The van der Waals surface area contributed by atoms with Gasteiger partial charge in [-0.25, -0.2) is 19.4 Å². The minimum Gasteiger partial charge on any atom is -0.464 e. The summed E-state index contributed by atoms with van der Waals surface area (Å²) < 4.78 is 17.0. The molecular formula is C22H30N4O6. The molecule has 1 atom stereocenters. The van der Waals surface area contributed by atoms with Gasteiger partial charge in [-0.05, 0) is 33.3 Å². The predicted molar refractivity (Wildman–Crippen MR) is 116 cm³/mol. The number of ether oxygens (including phenoxy) is 3. The van der Waals surface area contributed by atoms with Crippen LogP contribution in [0.25, 0.3) is 0 Å². The number of hydrogen-bond donors (Lipinski definition) is 2. The lowest BCUT2D eigenvalue weighted by Crippen LogP contribution is -2.41. The monoisotopic (exact) mass is 446 g/mol. The van der Waals surface area contributed by atoms with Crippen molar-refractivity contribution in [3.63, 3.8) is 0 Å². The zero-order valence-electron chi connectivity index (χ0n) is 19.2. The van der Waals surface area contributed by atoms with Crippen molar-refractivity contribution in [3.8, 4) is 0 Å². The predicted octanol–water partition coefficient (Wildman–Crippen LogP) is 3.01. The fourth-order valence-corrected chi connectivity index (χ4v) is 2.82. The second-order valence-electron chi connectivity index (χ2n) is 8.10. The van der Waals surface area contributed by atoms with Gasteiger partial charge < -0.3 is 29.4 Å². The molecule has 1 heterocycles. The minimum absolute atomic E-state index is 0.0439. The maximum Gasteiger partial charge on any atom is 0.408 e. The topological polar surface area (TPSA) is 121 Å². The Labute approximate surface area is 187 Å². The van der Waals surface area contributed by atoms with Gasteiger partial charge in [0.25, 0.3) is 0 Å². The molecule has 1 aromatic heterocycles. The van der Waals surface area contributed by atoms with Crippen LogP contribution in [0.1, 0.15) is 54.4 Å². The Kier molecular flexibility index (Phi) is 8.22. The quantitative estimate of drug-likeness (QED) is 0.495. The van der Waals surface area contributed by atoms with Crippen molar-refractivity contribution in [1.29, 1.82) is 0 Å². The Bertz CT molecular complexity index is 949. The number of amides is 2. The van der Waals surface area contributed by atoms with E-state index in [1.165, 1.54) is 7.11 Å². The zero-order valence-corrected chi connectivity index (χ0v) is 19.2. The first kappa shape index (κ1) is 24.7. The third kappa shape index (κ3) is 7.00. The smallest absolute Gasteiger partial charge is 0.408 e. The molecule has 10 nitrogen and oxygen atoms in total. The molecule has 0 saturated heterocycles. The molecule has 0 aliphatic carbocycles. The van der Waals surface area contributed by atoms with Gasteiger partial charge in [0.15, 0.2) is 5.69 Å². The molecule has 0 saturated carbocycles. The van der Waals surface area contributed by atoms with Crippen LogP contribution in [0, 0.1) is 6.92 Å². The fourth-order valence-electron chi connectivity index (χ4n) is 2.82. The highest BCUT2D eigenvalue weighted by Gasteiger charge is 2.27. The van der Waals surface area contributed by atoms with E-state index in [9.17, 15) is 14.4 Å². The van der Waals surface area contributed by atoms with Crippen LogP contribution in [0.3, 0.4) is 0 Å².